The Morgan fingerprint density at radius 2 is 1.77 bits per heavy atom. The van der Waals surface area contributed by atoms with Gasteiger partial charge in [0.1, 0.15) is 6.04 Å². The van der Waals surface area contributed by atoms with Gasteiger partial charge in [-0.05, 0) is 68.2 Å². The Balaban J connectivity index is 1.25. The monoisotopic (exact) mass is 403 g/mol. The Morgan fingerprint density at radius 3 is 2.57 bits per heavy atom. The summed E-state index contributed by atoms with van der Waals surface area (Å²) in [5.74, 6) is 0.773. The molecule has 3 aliphatic heterocycles. The molecular formula is C25H29N3O2. The van der Waals surface area contributed by atoms with Crippen molar-refractivity contribution in [3.05, 3.63) is 59.7 Å². The minimum Gasteiger partial charge on any atom is -0.358 e. The van der Waals surface area contributed by atoms with Gasteiger partial charge in [0.25, 0.3) is 5.91 Å². The Bertz CT molecular complexity index is 935. The molecule has 3 heterocycles. The van der Waals surface area contributed by atoms with E-state index in [1.807, 2.05) is 23.1 Å². The van der Waals surface area contributed by atoms with E-state index in [1.165, 1.54) is 5.56 Å². The molecule has 5 rings (SSSR count). The molecule has 2 amide bonds. The molecule has 2 fully saturated rings. The topological polar surface area (TPSA) is 52.7 Å². The second-order valence-electron chi connectivity index (χ2n) is 8.85. The summed E-state index contributed by atoms with van der Waals surface area (Å²) in [5, 5.41) is 3.04. The SMILES string of the molecule is O=C1Nc2cc(C(=O)N3CCC(Cc4ccccc4)CC3)ccc2N2CCCC[C@H]12. The predicted molar refractivity (Wildman–Crippen MR) is 119 cm³/mol. The van der Waals surface area contributed by atoms with E-state index in [2.05, 4.69) is 40.5 Å². The lowest BCUT2D eigenvalue weighted by molar-refractivity contribution is -0.118. The summed E-state index contributed by atoms with van der Waals surface area (Å²) < 4.78 is 0. The van der Waals surface area contributed by atoms with Crippen LogP contribution in [0, 0.1) is 5.92 Å². The van der Waals surface area contributed by atoms with Gasteiger partial charge in [0, 0.05) is 25.2 Å². The third kappa shape index (κ3) is 3.69. The van der Waals surface area contributed by atoms with Crippen molar-refractivity contribution in [1.82, 2.24) is 4.90 Å². The maximum atomic E-state index is 13.1. The van der Waals surface area contributed by atoms with Crippen LogP contribution in [-0.2, 0) is 11.2 Å². The van der Waals surface area contributed by atoms with E-state index in [0.29, 0.717) is 11.5 Å². The van der Waals surface area contributed by atoms with Crippen molar-refractivity contribution in [2.24, 2.45) is 5.92 Å². The Kier molecular flexibility index (Phi) is 5.19. The third-order valence-electron chi connectivity index (χ3n) is 6.89. The number of nitrogens with one attached hydrogen (secondary N) is 1. The Hall–Kier alpha value is -2.82. The fourth-order valence-corrected chi connectivity index (χ4v) is 5.20. The number of piperidine rings is 2. The number of carbonyl (C=O) groups excluding carboxylic acids is 2. The van der Waals surface area contributed by atoms with Gasteiger partial charge < -0.3 is 15.1 Å². The largest absolute Gasteiger partial charge is 0.358 e. The maximum absolute atomic E-state index is 13.1. The lowest BCUT2D eigenvalue weighted by Gasteiger charge is -2.41. The zero-order valence-electron chi connectivity index (χ0n) is 17.3. The van der Waals surface area contributed by atoms with Crippen molar-refractivity contribution < 1.29 is 9.59 Å². The molecule has 0 aliphatic carbocycles. The van der Waals surface area contributed by atoms with Crippen LogP contribution in [0.1, 0.15) is 48.0 Å². The van der Waals surface area contributed by atoms with Crippen molar-refractivity contribution >= 4 is 23.2 Å². The molecule has 0 bridgehead atoms. The van der Waals surface area contributed by atoms with Gasteiger partial charge in [-0.25, -0.2) is 0 Å². The average molecular weight is 404 g/mol. The highest BCUT2D eigenvalue weighted by molar-refractivity contribution is 6.05. The molecule has 5 nitrogen and oxygen atoms in total. The smallest absolute Gasteiger partial charge is 0.253 e. The van der Waals surface area contributed by atoms with E-state index in [0.717, 1.165) is 69.5 Å². The number of nitrogens with zero attached hydrogens (tertiary/aromatic N) is 2. The Morgan fingerprint density at radius 1 is 0.967 bits per heavy atom. The van der Waals surface area contributed by atoms with E-state index in [4.69, 9.17) is 0 Å². The van der Waals surface area contributed by atoms with Crippen molar-refractivity contribution in [2.75, 3.05) is 29.9 Å². The molecule has 2 aromatic carbocycles. The first-order valence-corrected chi connectivity index (χ1v) is 11.2. The molecule has 0 radical (unpaired) electrons. The van der Waals surface area contributed by atoms with Gasteiger partial charge in [0.05, 0.1) is 11.4 Å². The molecule has 2 aromatic rings. The van der Waals surface area contributed by atoms with Gasteiger partial charge in [-0.15, -0.1) is 0 Å². The predicted octanol–water partition coefficient (Wildman–Crippen LogP) is 4.09. The van der Waals surface area contributed by atoms with Crippen LogP contribution in [-0.4, -0.2) is 42.4 Å². The van der Waals surface area contributed by atoms with Crippen molar-refractivity contribution in [3.63, 3.8) is 0 Å². The minimum absolute atomic E-state index is 0.0588. The number of benzene rings is 2. The van der Waals surface area contributed by atoms with Crippen LogP contribution in [0.4, 0.5) is 11.4 Å². The summed E-state index contributed by atoms with van der Waals surface area (Å²) in [5.41, 5.74) is 3.88. The molecule has 30 heavy (non-hydrogen) atoms. The zero-order chi connectivity index (χ0) is 20.5. The molecule has 156 valence electrons. The second-order valence-corrected chi connectivity index (χ2v) is 8.85. The summed E-state index contributed by atoms with van der Waals surface area (Å²) in [6.45, 7) is 2.51. The van der Waals surface area contributed by atoms with Gasteiger partial charge in [-0.2, -0.15) is 0 Å². The molecular weight excluding hydrogens is 374 g/mol. The quantitative estimate of drug-likeness (QED) is 0.840. The van der Waals surface area contributed by atoms with Crippen LogP contribution in [0.25, 0.3) is 0 Å². The summed E-state index contributed by atoms with van der Waals surface area (Å²) in [6.07, 6.45) is 6.28. The zero-order valence-corrected chi connectivity index (χ0v) is 17.3. The van der Waals surface area contributed by atoms with Gasteiger partial charge in [0.2, 0.25) is 5.91 Å². The van der Waals surface area contributed by atoms with Crippen LogP contribution < -0.4 is 10.2 Å². The van der Waals surface area contributed by atoms with Crippen LogP contribution in [0.5, 0.6) is 0 Å². The number of hydrogen-bond acceptors (Lipinski definition) is 3. The molecule has 0 aromatic heterocycles. The number of likely N-dealkylation sites (tertiary alicyclic amines) is 1. The van der Waals surface area contributed by atoms with E-state index in [9.17, 15) is 9.59 Å². The van der Waals surface area contributed by atoms with E-state index >= 15 is 0 Å². The highest BCUT2D eigenvalue weighted by Crippen LogP contribution is 2.37. The van der Waals surface area contributed by atoms with Crippen LogP contribution in [0.2, 0.25) is 0 Å². The molecule has 0 spiro atoms. The maximum Gasteiger partial charge on any atom is 0.253 e. The Labute approximate surface area is 178 Å². The standard InChI is InChI=1S/C25H29N3O2/c29-24-23-8-4-5-13-28(23)22-10-9-20(17-21(22)26-24)25(30)27-14-11-19(12-15-27)16-18-6-2-1-3-7-18/h1-3,6-7,9-10,17,19,23H,4-5,8,11-16H2,(H,26,29)/t23-/m1/s1. The highest BCUT2D eigenvalue weighted by atomic mass is 16.2. The number of carbonyl (C=O) groups is 2. The fourth-order valence-electron chi connectivity index (χ4n) is 5.20. The summed E-state index contributed by atoms with van der Waals surface area (Å²) in [6, 6.07) is 16.4. The van der Waals surface area contributed by atoms with Gasteiger partial charge >= 0.3 is 0 Å². The third-order valence-corrected chi connectivity index (χ3v) is 6.89. The summed E-state index contributed by atoms with van der Waals surface area (Å²) >= 11 is 0. The first kappa shape index (κ1) is 19.2. The number of amides is 2. The first-order chi connectivity index (χ1) is 14.7. The number of anilines is 2. The molecule has 2 saturated heterocycles. The van der Waals surface area contributed by atoms with Crippen molar-refractivity contribution in [2.45, 2.75) is 44.6 Å². The summed E-state index contributed by atoms with van der Waals surface area (Å²) in [7, 11) is 0. The molecule has 5 heteroatoms. The van der Waals surface area contributed by atoms with Crippen molar-refractivity contribution in [1.29, 1.82) is 0 Å². The highest BCUT2D eigenvalue weighted by Gasteiger charge is 2.35. The second kappa shape index (κ2) is 8.13. The first-order valence-electron chi connectivity index (χ1n) is 11.2. The normalized spacial score (nSPS) is 21.6. The molecule has 3 aliphatic rings. The van der Waals surface area contributed by atoms with Crippen LogP contribution in [0.3, 0.4) is 0 Å². The fraction of sp³-hybridized carbons (Fsp3) is 0.440. The van der Waals surface area contributed by atoms with Crippen LogP contribution in [0.15, 0.2) is 48.5 Å². The average Bonchev–Trinajstić information content (AvgIpc) is 2.80. The number of fused-ring (bicyclic) bond motifs is 3. The van der Waals surface area contributed by atoms with Crippen molar-refractivity contribution in [3.8, 4) is 0 Å². The van der Waals surface area contributed by atoms with E-state index < -0.39 is 0 Å². The number of hydrogen-bond donors (Lipinski definition) is 1. The molecule has 1 N–H and O–H groups in total. The molecule has 0 saturated carbocycles. The van der Waals surface area contributed by atoms with Gasteiger partial charge in [-0.3, -0.25) is 9.59 Å². The van der Waals surface area contributed by atoms with Gasteiger partial charge in [-0.1, -0.05) is 30.3 Å². The lowest BCUT2D eigenvalue weighted by atomic mass is 9.90. The molecule has 0 unspecified atom stereocenters. The van der Waals surface area contributed by atoms with Gasteiger partial charge in [0.15, 0.2) is 0 Å². The van der Waals surface area contributed by atoms with E-state index in [1.54, 1.807) is 0 Å². The minimum atomic E-state index is -0.0588. The lowest BCUT2D eigenvalue weighted by Crippen LogP contribution is -2.50. The van der Waals surface area contributed by atoms with Crippen LogP contribution >= 0.6 is 0 Å². The number of rotatable bonds is 3. The van der Waals surface area contributed by atoms with E-state index in [-0.39, 0.29) is 17.9 Å². The molecule has 1 atom stereocenters. The summed E-state index contributed by atoms with van der Waals surface area (Å²) in [4.78, 5) is 29.8.